The van der Waals surface area contributed by atoms with Gasteiger partial charge in [-0.1, -0.05) is 0 Å². The number of hydrogen-bond donors (Lipinski definition) is 3. The van der Waals surface area contributed by atoms with Gasteiger partial charge >= 0.3 is 0 Å². The molecule has 100 valence electrons. The third-order valence-corrected chi connectivity index (χ3v) is 2.46. The standard InChI is InChI=1S/C12H13F2N5/c13-9-3-8(4-10(14)5-9)1-2-16-11-6-12(19-15)18-7-17-11/h3-7H,1-2,15H2,(H2,16,17,18,19). The van der Waals surface area contributed by atoms with Crippen LogP contribution in [-0.2, 0) is 6.42 Å². The fraction of sp³-hybridized carbons (Fsp3) is 0.167. The fourth-order valence-electron chi connectivity index (χ4n) is 1.62. The van der Waals surface area contributed by atoms with E-state index in [4.69, 9.17) is 5.84 Å². The number of aromatic nitrogens is 2. The summed E-state index contributed by atoms with van der Waals surface area (Å²) in [5.41, 5.74) is 2.98. The minimum atomic E-state index is -0.577. The Bertz CT molecular complexity index is 541. The molecule has 0 aliphatic heterocycles. The van der Waals surface area contributed by atoms with Gasteiger partial charge in [0.15, 0.2) is 0 Å². The lowest BCUT2D eigenvalue weighted by molar-refractivity contribution is 0.580. The Labute approximate surface area is 108 Å². The van der Waals surface area contributed by atoms with Crippen LogP contribution in [0.5, 0.6) is 0 Å². The number of anilines is 2. The third kappa shape index (κ3) is 3.85. The predicted octanol–water partition coefficient (Wildman–Crippen LogP) is 1.70. The molecule has 0 aliphatic rings. The molecule has 0 atom stereocenters. The van der Waals surface area contributed by atoms with Crippen LogP contribution in [0.4, 0.5) is 20.4 Å². The zero-order valence-corrected chi connectivity index (χ0v) is 10.0. The predicted molar refractivity (Wildman–Crippen MR) is 68.4 cm³/mol. The van der Waals surface area contributed by atoms with Crippen molar-refractivity contribution in [2.45, 2.75) is 6.42 Å². The van der Waals surface area contributed by atoms with E-state index < -0.39 is 11.6 Å². The molecule has 0 fully saturated rings. The Kier molecular flexibility index (Phi) is 4.19. The average Bonchev–Trinajstić information content (AvgIpc) is 2.38. The van der Waals surface area contributed by atoms with Crippen LogP contribution in [-0.4, -0.2) is 16.5 Å². The van der Waals surface area contributed by atoms with Crippen molar-refractivity contribution in [3.05, 3.63) is 47.8 Å². The number of hydrazine groups is 1. The van der Waals surface area contributed by atoms with Gasteiger partial charge in [0.05, 0.1) is 0 Å². The number of halogens is 2. The van der Waals surface area contributed by atoms with Gasteiger partial charge < -0.3 is 10.7 Å². The molecule has 0 amide bonds. The van der Waals surface area contributed by atoms with Gasteiger partial charge in [0.1, 0.15) is 29.6 Å². The van der Waals surface area contributed by atoms with Crippen molar-refractivity contribution in [3.8, 4) is 0 Å². The van der Waals surface area contributed by atoms with E-state index in [0.29, 0.717) is 30.2 Å². The molecule has 0 saturated heterocycles. The van der Waals surface area contributed by atoms with Crippen LogP contribution in [0.2, 0.25) is 0 Å². The van der Waals surface area contributed by atoms with E-state index >= 15 is 0 Å². The number of nitrogen functional groups attached to an aromatic ring is 1. The van der Waals surface area contributed by atoms with Crippen LogP contribution in [0, 0.1) is 11.6 Å². The molecule has 0 radical (unpaired) electrons. The summed E-state index contributed by atoms with van der Waals surface area (Å²) in [6, 6.07) is 5.09. The number of benzene rings is 1. The van der Waals surface area contributed by atoms with Gasteiger partial charge in [0.2, 0.25) is 0 Å². The molecule has 1 aromatic heterocycles. The minimum absolute atomic E-state index is 0.476. The molecule has 7 heteroatoms. The quantitative estimate of drug-likeness (QED) is 0.566. The van der Waals surface area contributed by atoms with E-state index in [1.807, 2.05) is 0 Å². The van der Waals surface area contributed by atoms with E-state index in [9.17, 15) is 8.78 Å². The molecule has 0 bridgehead atoms. The smallest absolute Gasteiger partial charge is 0.145 e. The first-order valence-corrected chi connectivity index (χ1v) is 5.65. The molecule has 19 heavy (non-hydrogen) atoms. The minimum Gasteiger partial charge on any atom is -0.370 e. The second kappa shape index (κ2) is 6.05. The lowest BCUT2D eigenvalue weighted by Crippen LogP contribution is -2.11. The van der Waals surface area contributed by atoms with E-state index in [-0.39, 0.29) is 0 Å². The first-order valence-electron chi connectivity index (χ1n) is 5.65. The summed E-state index contributed by atoms with van der Waals surface area (Å²) in [6.45, 7) is 0.490. The molecule has 4 N–H and O–H groups in total. The van der Waals surface area contributed by atoms with E-state index in [0.717, 1.165) is 6.07 Å². The Morgan fingerprint density at radius 3 is 2.37 bits per heavy atom. The van der Waals surface area contributed by atoms with Crippen LogP contribution >= 0.6 is 0 Å². The van der Waals surface area contributed by atoms with Gasteiger partial charge in [0, 0.05) is 18.7 Å². The van der Waals surface area contributed by atoms with Crippen LogP contribution < -0.4 is 16.6 Å². The second-order valence-electron chi connectivity index (χ2n) is 3.89. The van der Waals surface area contributed by atoms with Crippen molar-refractivity contribution in [1.82, 2.24) is 9.97 Å². The van der Waals surface area contributed by atoms with Crippen LogP contribution in [0.1, 0.15) is 5.56 Å². The SMILES string of the molecule is NNc1cc(NCCc2cc(F)cc(F)c2)ncn1. The van der Waals surface area contributed by atoms with Gasteiger partial charge in [0.25, 0.3) is 0 Å². The van der Waals surface area contributed by atoms with Crippen molar-refractivity contribution < 1.29 is 8.78 Å². The van der Waals surface area contributed by atoms with Crippen LogP contribution in [0.15, 0.2) is 30.6 Å². The molecule has 0 aliphatic carbocycles. The lowest BCUT2D eigenvalue weighted by atomic mass is 10.1. The van der Waals surface area contributed by atoms with Gasteiger partial charge in [-0.15, -0.1) is 0 Å². The zero-order valence-electron chi connectivity index (χ0n) is 10.0. The Morgan fingerprint density at radius 1 is 1.00 bits per heavy atom. The van der Waals surface area contributed by atoms with Gasteiger partial charge in [-0.05, 0) is 24.1 Å². The Hall–Kier alpha value is -2.28. The maximum atomic E-state index is 13.0. The summed E-state index contributed by atoms with van der Waals surface area (Å²) >= 11 is 0. The molecular weight excluding hydrogens is 252 g/mol. The normalized spacial score (nSPS) is 10.3. The fourth-order valence-corrected chi connectivity index (χ4v) is 1.62. The number of nitrogens with zero attached hydrogens (tertiary/aromatic N) is 2. The summed E-state index contributed by atoms with van der Waals surface area (Å²) in [7, 11) is 0. The van der Waals surface area contributed by atoms with Crippen LogP contribution in [0.3, 0.4) is 0 Å². The molecule has 2 aromatic rings. The van der Waals surface area contributed by atoms with E-state index in [2.05, 4.69) is 20.7 Å². The maximum absolute atomic E-state index is 13.0. The van der Waals surface area contributed by atoms with Crippen molar-refractivity contribution in [1.29, 1.82) is 0 Å². The number of nitrogens with two attached hydrogens (primary N) is 1. The Morgan fingerprint density at radius 2 is 1.68 bits per heavy atom. The molecule has 1 heterocycles. The zero-order chi connectivity index (χ0) is 13.7. The largest absolute Gasteiger partial charge is 0.370 e. The van der Waals surface area contributed by atoms with Crippen LogP contribution in [0.25, 0.3) is 0 Å². The number of hydrogen-bond acceptors (Lipinski definition) is 5. The summed E-state index contributed by atoms with van der Waals surface area (Å²) in [5, 5.41) is 3.02. The molecule has 5 nitrogen and oxygen atoms in total. The lowest BCUT2D eigenvalue weighted by Gasteiger charge is -2.07. The highest BCUT2D eigenvalue weighted by atomic mass is 19.1. The highest BCUT2D eigenvalue weighted by Gasteiger charge is 2.01. The summed E-state index contributed by atoms with van der Waals surface area (Å²) in [6.07, 6.45) is 1.84. The molecular formula is C12H13F2N5. The van der Waals surface area contributed by atoms with Crippen molar-refractivity contribution in [2.75, 3.05) is 17.3 Å². The van der Waals surface area contributed by atoms with E-state index in [1.54, 1.807) is 6.07 Å². The Balaban J connectivity index is 1.92. The molecule has 0 spiro atoms. The van der Waals surface area contributed by atoms with Gasteiger partial charge in [-0.3, -0.25) is 0 Å². The van der Waals surface area contributed by atoms with Crippen molar-refractivity contribution >= 4 is 11.6 Å². The molecule has 0 unspecified atom stereocenters. The summed E-state index contributed by atoms with van der Waals surface area (Å²) < 4.78 is 25.9. The third-order valence-electron chi connectivity index (χ3n) is 2.46. The second-order valence-corrected chi connectivity index (χ2v) is 3.89. The number of nitrogens with one attached hydrogen (secondary N) is 2. The molecule has 2 rings (SSSR count). The molecule has 1 aromatic carbocycles. The first kappa shape index (κ1) is 13.2. The summed E-state index contributed by atoms with van der Waals surface area (Å²) in [5.74, 6) is 5.13. The summed E-state index contributed by atoms with van der Waals surface area (Å²) in [4.78, 5) is 7.85. The highest BCUT2D eigenvalue weighted by molar-refractivity contribution is 5.45. The van der Waals surface area contributed by atoms with Gasteiger partial charge in [-0.25, -0.2) is 24.6 Å². The topological polar surface area (TPSA) is 75.9 Å². The van der Waals surface area contributed by atoms with Gasteiger partial charge in [-0.2, -0.15) is 0 Å². The van der Waals surface area contributed by atoms with Crippen molar-refractivity contribution in [3.63, 3.8) is 0 Å². The monoisotopic (exact) mass is 265 g/mol. The van der Waals surface area contributed by atoms with Crippen molar-refractivity contribution in [2.24, 2.45) is 5.84 Å². The first-order chi connectivity index (χ1) is 9.17. The van der Waals surface area contributed by atoms with E-state index in [1.165, 1.54) is 18.5 Å². The molecule has 0 saturated carbocycles. The maximum Gasteiger partial charge on any atom is 0.145 e. The number of rotatable bonds is 5. The average molecular weight is 265 g/mol. The highest BCUT2D eigenvalue weighted by Crippen LogP contribution is 2.10.